The van der Waals surface area contributed by atoms with Gasteiger partial charge >= 0.3 is 5.97 Å². The molecule has 1 rings (SSSR count). The summed E-state index contributed by atoms with van der Waals surface area (Å²) in [7, 11) is 0. The molecule has 0 aromatic carbocycles. The van der Waals surface area contributed by atoms with Crippen molar-refractivity contribution in [2.45, 2.75) is 58.3 Å². The lowest BCUT2D eigenvalue weighted by Gasteiger charge is -1.90. The maximum absolute atomic E-state index is 10.3. The molecule has 1 N–H and O–H groups in total. The monoisotopic (exact) mass is 302 g/mol. The number of carbonyl (C=O) groups is 1. The van der Waals surface area contributed by atoms with E-state index in [4.69, 9.17) is 5.11 Å². The zero-order valence-corrected chi connectivity index (χ0v) is 13.8. The van der Waals surface area contributed by atoms with Gasteiger partial charge in [0.25, 0.3) is 0 Å². The van der Waals surface area contributed by atoms with Gasteiger partial charge in [-0.25, -0.2) is 0 Å². The van der Waals surface area contributed by atoms with E-state index in [-0.39, 0.29) is 6.42 Å². The van der Waals surface area contributed by atoms with Crippen molar-refractivity contribution in [1.29, 1.82) is 0 Å². The van der Waals surface area contributed by atoms with Crippen LogP contribution in [0.15, 0.2) is 48.6 Å². The Balaban J connectivity index is 1.90. The van der Waals surface area contributed by atoms with Crippen molar-refractivity contribution in [3.05, 3.63) is 48.6 Å². The maximum atomic E-state index is 10.3. The zero-order chi connectivity index (χ0) is 16.0. The molecule has 1 saturated carbocycles. The number of rotatable bonds is 12. The first-order valence-corrected chi connectivity index (χ1v) is 8.53. The molecule has 0 aliphatic heterocycles. The Hall–Kier alpha value is -1.57. The average molecular weight is 302 g/mol. The van der Waals surface area contributed by atoms with Gasteiger partial charge in [-0.15, -0.1) is 0 Å². The van der Waals surface area contributed by atoms with Gasteiger partial charge < -0.3 is 5.11 Å². The molecule has 1 aliphatic rings. The summed E-state index contributed by atoms with van der Waals surface area (Å²) in [6.45, 7) is 2.34. The standard InChI is InChI=1S/C20H30O2/c1-18-17-19(18)15-13-11-9-7-5-3-2-4-6-8-10-12-14-16-20(21)22/h2,4-5,7-11,18-19H,3,6,12-17H2,1H3,(H,21,22). The molecule has 122 valence electrons. The molecule has 0 saturated heterocycles. The molecule has 0 amide bonds. The second-order valence-electron chi connectivity index (χ2n) is 6.11. The second kappa shape index (κ2) is 12.0. The Bertz CT molecular complexity index is 415. The molecule has 1 aliphatic carbocycles. The van der Waals surface area contributed by atoms with E-state index in [1.807, 2.05) is 0 Å². The number of hydrogen-bond acceptors (Lipinski definition) is 1. The summed E-state index contributed by atoms with van der Waals surface area (Å²) in [6, 6.07) is 0. The minimum atomic E-state index is -0.712. The summed E-state index contributed by atoms with van der Waals surface area (Å²) in [6.07, 6.45) is 24.9. The number of unbranched alkanes of at least 4 members (excludes halogenated alkanes) is 1. The third-order valence-electron chi connectivity index (χ3n) is 4.00. The van der Waals surface area contributed by atoms with Crippen LogP contribution in [0.1, 0.15) is 58.3 Å². The molecular formula is C20H30O2. The summed E-state index contributed by atoms with van der Waals surface area (Å²) < 4.78 is 0. The zero-order valence-electron chi connectivity index (χ0n) is 13.8. The van der Waals surface area contributed by atoms with Crippen molar-refractivity contribution < 1.29 is 9.90 Å². The van der Waals surface area contributed by atoms with Crippen LogP contribution >= 0.6 is 0 Å². The normalized spacial score (nSPS) is 21.7. The molecule has 1 fully saturated rings. The number of carboxylic acids is 1. The summed E-state index contributed by atoms with van der Waals surface area (Å²) in [4.78, 5) is 10.3. The van der Waals surface area contributed by atoms with E-state index in [1.165, 1.54) is 19.3 Å². The van der Waals surface area contributed by atoms with E-state index in [0.717, 1.165) is 37.5 Å². The lowest BCUT2D eigenvalue weighted by molar-refractivity contribution is -0.137. The van der Waals surface area contributed by atoms with Gasteiger partial charge in [0.05, 0.1) is 0 Å². The van der Waals surface area contributed by atoms with E-state index < -0.39 is 5.97 Å². The van der Waals surface area contributed by atoms with E-state index in [9.17, 15) is 4.79 Å². The van der Waals surface area contributed by atoms with Crippen molar-refractivity contribution in [3.8, 4) is 0 Å². The van der Waals surface area contributed by atoms with Gasteiger partial charge in [0.2, 0.25) is 0 Å². The van der Waals surface area contributed by atoms with Crippen molar-refractivity contribution in [1.82, 2.24) is 0 Å². The van der Waals surface area contributed by atoms with Crippen molar-refractivity contribution in [2.24, 2.45) is 11.8 Å². The number of hydrogen-bond donors (Lipinski definition) is 1. The van der Waals surface area contributed by atoms with E-state index in [1.54, 1.807) is 0 Å². The molecule has 0 radical (unpaired) electrons. The summed E-state index contributed by atoms with van der Waals surface area (Å²) >= 11 is 0. The molecule has 22 heavy (non-hydrogen) atoms. The average Bonchev–Trinajstić information content (AvgIpc) is 3.18. The van der Waals surface area contributed by atoms with E-state index >= 15 is 0 Å². The highest BCUT2D eigenvalue weighted by molar-refractivity contribution is 5.66. The fraction of sp³-hybridized carbons (Fsp3) is 0.550. The van der Waals surface area contributed by atoms with Gasteiger partial charge in [0.1, 0.15) is 0 Å². The number of aliphatic carboxylic acids is 1. The first-order chi connectivity index (χ1) is 10.7. The third-order valence-corrected chi connectivity index (χ3v) is 4.00. The van der Waals surface area contributed by atoms with Crippen LogP contribution in [-0.2, 0) is 4.79 Å². The fourth-order valence-electron chi connectivity index (χ4n) is 2.38. The summed E-state index contributed by atoms with van der Waals surface area (Å²) in [5.74, 6) is 1.25. The minimum absolute atomic E-state index is 0.262. The molecule has 2 heteroatoms. The van der Waals surface area contributed by atoms with Crippen LogP contribution in [0.25, 0.3) is 0 Å². The van der Waals surface area contributed by atoms with E-state index in [0.29, 0.717) is 0 Å². The molecular weight excluding hydrogens is 272 g/mol. The Morgan fingerprint density at radius 1 is 1.00 bits per heavy atom. The van der Waals surface area contributed by atoms with Crippen LogP contribution in [0.2, 0.25) is 0 Å². The van der Waals surface area contributed by atoms with Crippen LogP contribution in [0.3, 0.4) is 0 Å². The highest BCUT2D eigenvalue weighted by Crippen LogP contribution is 2.41. The summed E-state index contributed by atoms with van der Waals surface area (Å²) in [5, 5.41) is 8.50. The fourth-order valence-corrected chi connectivity index (χ4v) is 2.38. The van der Waals surface area contributed by atoms with Crippen molar-refractivity contribution in [3.63, 3.8) is 0 Å². The van der Waals surface area contributed by atoms with Gasteiger partial charge in [-0.3, -0.25) is 4.79 Å². The number of carboxylic acid groups (broad SMARTS) is 1. The molecule has 2 nitrogen and oxygen atoms in total. The lowest BCUT2D eigenvalue weighted by atomic mass is 10.2. The molecule has 0 aromatic heterocycles. The highest BCUT2D eigenvalue weighted by Gasteiger charge is 2.30. The Morgan fingerprint density at radius 3 is 2.32 bits per heavy atom. The van der Waals surface area contributed by atoms with Crippen LogP contribution in [-0.4, -0.2) is 11.1 Å². The van der Waals surface area contributed by atoms with Crippen LogP contribution < -0.4 is 0 Å². The Kier molecular flexibility index (Phi) is 10.1. The quantitative estimate of drug-likeness (QED) is 0.286. The van der Waals surface area contributed by atoms with Gasteiger partial charge in [0.15, 0.2) is 0 Å². The lowest BCUT2D eigenvalue weighted by Crippen LogP contribution is -1.92. The van der Waals surface area contributed by atoms with Gasteiger partial charge in [-0.1, -0.05) is 55.5 Å². The number of allylic oxidation sites excluding steroid dienone is 8. The topological polar surface area (TPSA) is 37.3 Å². The molecule has 0 bridgehead atoms. The van der Waals surface area contributed by atoms with E-state index in [2.05, 4.69) is 55.5 Å². The first kappa shape index (κ1) is 18.5. The van der Waals surface area contributed by atoms with Crippen LogP contribution in [0.5, 0.6) is 0 Å². The third kappa shape index (κ3) is 11.1. The second-order valence-corrected chi connectivity index (χ2v) is 6.11. The molecule has 0 spiro atoms. The van der Waals surface area contributed by atoms with Gasteiger partial charge in [-0.05, 0) is 56.8 Å². The maximum Gasteiger partial charge on any atom is 0.303 e. The van der Waals surface area contributed by atoms with Crippen molar-refractivity contribution >= 4 is 5.97 Å². The smallest absolute Gasteiger partial charge is 0.303 e. The van der Waals surface area contributed by atoms with Gasteiger partial charge in [0, 0.05) is 6.42 Å². The van der Waals surface area contributed by atoms with Gasteiger partial charge in [-0.2, -0.15) is 0 Å². The highest BCUT2D eigenvalue weighted by atomic mass is 16.4. The molecule has 2 unspecified atom stereocenters. The molecule has 0 aromatic rings. The molecule has 2 atom stereocenters. The Labute approximate surface area is 135 Å². The molecule has 0 heterocycles. The van der Waals surface area contributed by atoms with Crippen LogP contribution in [0, 0.1) is 11.8 Å². The minimum Gasteiger partial charge on any atom is -0.481 e. The summed E-state index contributed by atoms with van der Waals surface area (Å²) in [5.41, 5.74) is 0. The predicted molar refractivity (Wildman–Crippen MR) is 93.8 cm³/mol. The van der Waals surface area contributed by atoms with Crippen molar-refractivity contribution in [2.75, 3.05) is 0 Å². The van der Waals surface area contributed by atoms with Crippen LogP contribution in [0.4, 0.5) is 0 Å². The SMILES string of the molecule is CC1CC1CCC=CC=CCC=CCC=CCCCC(=O)O. The predicted octanol–water partition coefficient (Wildman–Crippen LogP) is 5.68. The first-order valence-electron chi connectivity index (χ1n) is 8.53. The largest absolute Gasteiger partial charge is 0.481 e. The Morgan fingerprint density at radius 2 is 1.64 bits per heavy atom.